The minimum atomic E-state index is -0.0419. The van der Waals surface area contributed by atoms with Crippen LogP contribution in [-0.4, -0.2) is 12.1 Å². The highest BCUT2D eigenvalue weighted by Gasteiger charge is 2.32. The Labute approximate surface area is 93.4 Å². The number of hydrogen-bond donors (Lipinski definition) is 0. The zero-order valence-electron chi connectivity index (χ0n) is 10.5. The normalized spacial score (nSPS) is 31.7. The molecule has 0 aromatic rings. The van der Waals surface area contributed by atoms with Crippen LogP contribution in [0, 0.1) is 17.8 Å². The van der Waals surface area contributed by atoms with Gasteiger partial charge in [0.05, 0.1) is 0 Å². The smallest absolute Gasteiger partial charge is 0.305 e. The molecular formula is C13H24O2. The lowest BCUT2D eigenvalue weighted by Gasteiger charge is -2.36. The van der Waals surface area contributed by atoms with Crippen molar-refractivity contribution in [2.75, 3.05) is 0 Å². The molecule has 0 aliphatic heterocycles. The summed E-state index contributed by atoms with van der Waals surface area (Å²) in [4.78, 5) is 11.3. The van der Waals surface area contributed by atoms with Crippen molar-refractivity contribution in [3.8, 4) is 0 Å². The number of esters is 1. The van der Waals surface area contributed by atoms with E-state index in [1.165, 1.54) is 12.8 Å². The van der Waals surface area contributed by atoms with Crippen LogP contribution in [0.15, 0.2) is 0 Å². The number of carbonyl (C=O) groups is 1. The summed E-state index contributed by atoms with van der Waals surface area (Å²) in [6, 6.07) is 0. The third-order valence-corrected chi connectivity index (χ3v) is 3.53. The van der Waals surface area contributed by atoms with Crippen molar-refractivity contribution in [3.05, 3.63) is 0 Å². The molecule has 1 saturated carbocycles. The molecule has 0 aromatic carbocycles. The second-order valence-corrected chi connectivity index (χ2v) is 5.21. The molecule has 0 radical (unpaired) electrons. The number of rotatable bonds is 3. The average Bonchev–Trinajstić information content (AvgIpc) is 2.17. The molecular weight excluding hydrogens is 188 g/mol. The van der Waals surface area contributed by atoms with Gasteiger partial charge in [-0.2, -0.15) is 0 Å². The van der Waals surface area contributed by atoms with E-state index in [0.717, 1.165) is 6.42 Å². The van der Waals surface area contributed by atoms with E-state index in [0.29, 0.717) is 24.2 Å². The molecule has 0 spiro atoms. The maximum Gasteiger partial charge on any atom is 0.305 e. The van der Waals surface area contributed by atoms with Crippen LogP contribution in [0.4, 0.5) is 0 Å². The SMILES string of the molecule is CCC(=O)O[C@@H]1CC(C)CC[C@H]1C(C)C. The Balaban J connectivity index is 2.57. The second kappa shape index (κ2) is 5.53. The summed E-state index contributed by atoms with van der Waals surface area (Å²) < 4.78 is 5.55. The maximum absolute atomic E-state index is 11.3. The lowest BCUT2D eigenvalue weighted by atomic mass is 9.75. The Kier molecular flexibility index (Phi) is 4.62. The highest BCUT2D eigenvalue weighted by Crippen LogP contribution is 2.35. The van der Waals surface area contributed by atoms with E-state index in [2.05, 4.69) is 20.8 Å². The molecule has 0 N–H and O–H groups in total. The Hall–Kier alpha value is -0.530. The Morgan fingerprint density at radius 1 is 1.40 bits per heavy atom. The summed E-state index contributed by atoms with van der Waals surface area (Å²) in [6.45, 7) is 8.57. The van der Waals surface area contributed by atoms with Crippen molar-refractivity contribution in [2.45, 2.75) is 59.5 Å². The van der Waals surface area contributed by atoms with E-state index in [9.17, 15) is 4.79 Å². The van der Waals surface area contributed by atoms with Gasteiger partial charge in [0, 0.05) is 6.42 Å². The molecule has 0 heterocycles. The van der Waals surface area contributed by atoms with Crippen molar-refractivity contribution in [3.63, 3.8) is 0 Å². The van der Waals surface area contributed by atoms with Gasteiger partial charge in [-0.3, -0.25) is 4.79 Å². The highest BCUT2D eigenvalue weighted by molar-refractivity contribution is 5.69. The molecule has 1 fully saturated rings. The quantitative estimate of drug-likeness (QED) is 0.670. The first-order chi connectivity index (χ1) is 7.04. The fourth-order valence-electron chi connectivity index (χ4n) is 2.50. The van der Waals surface area contributed by atoms with Gasteiger partial charge in [-0.15, -0.1) is 0 Å². The fraction of sp³-hybridized carbons (Fsp3) is 0.923. The van der Waals surface area contributed by atoms with Crippen LogP contribution in [0.1, 0.15) is 53.4 Å². The summed E-state index contributed by atoms with van der Waals surface area (Å²) in [5.74, 6) is 1.85. The molecule has 1 rings (SSSR count). The van der Waals surface area contributed by atoms with Gasteiger partial charge >= 0.3 is 5.97 Å². The molecule has 1 aliphatic carbocycles. The summed E-state index contributed by atoms with van der Waals surface area (Å²) in [5.41, 5.74) is 0. The van der Waals surface area contributed by atoms with Crippen molar-refractivity contribution < 1.29 is 9.53 Å². The van der Waals surface area contributed by atoms with Gasteiger partial charge in [0.1, 0.15) is 6.10 Å². The lowest BCUT2D eigenvalue weighted by Crippen LogP contribution is -2.35. The molecule has 1 aliphatic rings. The predicted molar refractivity (Wildman–Crippen MR) is 61.5 cm³/mol. The maximum atomic E-state index is 11.3. The Morgan fingerprint density at radius 3 is 2.60 bits per heavy atom. The Morgan fingerprint density at radius 2 is 2.07 bits per heavy atom. The minimum Gasteiger partial charge on any atom is -0.462 e. The van der Waals surface area contributed by atoms with Crippen LogP contribution in [0.3, 0.4) is 0 Å². The number of hydrogen-bond acceptors (Lipinski definition) is 2. The molecule has 2 nitrogen and oxygen atoms in total. The largest absolute Gasteiger partial charge is 0.462 e. The van der Waals surface area contributed by atoms with Crippen molar-refractivity contribution >= 4 is 5.97 Å². The first-order valence-corrected chi connectivity index (χ1v) is 6.24. The molecule has 2 heteroatoms. The fourth-order valence-corrected chi connectivity index (χ4v) is 2.50. The molecule has 0 amide bonds. The van der Waals surface area contributed by atoms with Gasteiger partial charge in [-0.1, -0.05) is 34.1 Å². The van der Waals surface area contributed by atoms with Crippen LogP contribution in [-0.2, 0) is 9.53 Å². The summed E-state index contributed by atoms with van der Waals surface area (Å²) in [7, 11) is 0. The first-order valence-electron chi connectivity index (χ1n) is 6.24. The average molecular weight is 212 g/mol. The van der Waals surface area contributed by atoms with Gasteiger partial charge in [0.25, 0.3) is 0 Å². The minimum absolute atomic E-state index is 0.0419. The van der Waals surface area contributed by atoms with Crippen LogP contribution in [0.25, 0.3) is 0 Å². The molecule has 0 aromatic heterocycles. The van der Waals surface area contributed by atoms with Gasteiger partial charge in [-0.05, 0) is 30.6 Å². The van der Waals surface area contributed by atoms with Crippen molar-refractivity contribution in [1.82, 2.24) is 0 Å². The van der Waals surface area contributed by atoms with Gasteiger partial charge < -0.3 is 4.74 Å². The summed E-state index contributed by atoms with van der Waals surface area (Å²) in [5, 5.41) is 0. The van der Waals surface area contributed by atoms with Crippen molar-refractivity contribution in [1.29, 1.82) is 0 Å². The molecule has 0 bridgehead atoms. The topological polar surface area (TPSA) is 26.3 Å². The zero-order valence-corrected chi connectivity index (χ0v) is 10.5. The van der Waals surface area contributed by atoms with E-state index in [1.807, 2.05) is 6.92 Å². The van der Waals surface area contributed by atoms with Gasteiger partial charge in [-0.25, -0.2) is 0 Å². The van der Waals surface area contributed by atoms with E-state index < -0.39 is 0 Å². The number of ether oxygens (including phenoxy) is 1. The number of carbonyl (C=O) groups excluding carboxylic acids is 1. The molecule has 3 atom stereocenters. The summed E-state index contributed by atoms with van der Waals surface area (Å²) in [6.07, 6.45) is 4.20. The van der Waals surface area contributed by atoms with E-state index in [4.69, 9.17) is 4.74 Å². The third kappa shape index (κ3) is 3.51. The molecule has 15 heavy (non-hydrogen) atoms. The van der Waals surface area contributed by atoms with Crippen LogP contribution in [0.2, 0.25) is 0 Å². The van der Waals surface area contributed by atoms with Crippen molar-refractivity contribution in [2.24, 2.45) is 17.8 Å². The molecule has 0 saturated heterocycles. The van der Waals surface area contributed by atoms with Crippen LogP contribution >= 0.6 is 0 Å². The van der Waals surface area contributed by atoms with Gasteiger partial charge in [0.15, 0.2) is 0 Å². The lowest BCUT2D eigenvalue weighted by molar-refractivity contribution is -0.155. The van der Waals surface area contributed by atoms with Crippen LogP contribution in [0.5, 0.6) is 0 Å². The zero-order chi connectivity index (χ0) is 11.4. The Bertz CT molecular complexity index is 211. The molecule has 1 unspecified atom stereocenters. The second-order valence-electron chi connectivity index (χ2n) is 5.21. The summed E-state index contributed by atoms with van der Waals surface area (Å²) >= 11 is 0. The predicted octanol–water partition coefficient (Wildman–Crippen LogP) is 3.40. The first kappa shape index (κ1) is 12.5. The van der Waals surface area contributed by atoms with E-state index >= 15 is 0 Å². The van der Waals surface area contributed by atoms with E-state index in [1.54, 1.807) is 0 Å². The van der Waals surface area contributed by atoms with Gasteiger partial charge in [0.2, 0.25) is 0 Å². The monoisotopic (exact) mass is 212 g/mol. The third-order valence-electron chi connectivity index (χ3n) is 3.53. The van der Waals surface area contributed by atoms with E-state index in [-0.39, 0.29) is 12.1 Å². The highest BCUT2D eigenvalue weighted by atomic mass is 16.5. The van der Waals surface area contributed by atoms with Crippen LogP contribution < -0.4 is 0 Å². The molecule has 88 valence electrons. The standard InChI is InChI=1S/C13H24O2/c1-5-13(14)15-12-8-10(4)6-7-11(12)9(2)3/h9-12H,5-8H2,1-4H3/t10?,11-,12+/m0/s1.